The van der Waals surface area contributed by atoms with Crippen LogP contribution in [0.25, 0.3) is 5.65 Å². The van der Waals surface area contributed by atoms with Gasteiger partial charge in [-0.2, -0.15) is 0 Å². The number of esters is 1. The fraction of sp³-hybridized carbons (Fsp3) is 0.250. The minimum Gasteiger partial charge on any atom is -0.497 e. The van der Waals surface area contributed by atoms with Crippen LogP contribution in [0.5, 0.6) is 5.75 Å². The number of ketones is 1. The molecule has 8 nitrogen and oxygen atoms in total. The molecule has 0 N–H and O–H groups in total. The lowest BCUT2D eigenvalue weighted by Gasteiger charge is -2.10. The van der Waals surface area contributed by atoms with Crippen LogP contribution in [-0.2, 0) is 17.7 Å². The van der Waals surface area contributed by atoms with E-state index in [0.717, 1.165) is 30.1 Å². The van der Waals surface area contributed by atoms with E-state index in [0.29, 0.717) is 16.8 Å². The Hall–Kier alpha value is -3.94. The molecule has 0 fully saturated rings. The van der Waals surface area contributed by atoms with E-state index in [2.05, 4.69) is 14.8 Å². The van der Waals surface area contributed by atoms with Gasteiger partial charge in [0, 0.05) is 29.7 Å². The molecule has 0 unspecified atom stereocenters. The van der Waals surface area contributed by atoms with Crippen molar-refractivity contribution in [3.63, 3.8) is 0 Å². The molecule has 1 aromatic carbocycles. The number of fused-ring (bicyclic) bond motifs is 1. The summed E-state index contributed by atoms with van der Waals surface area (Å²) >= 11 is 0. The monoisotopic (exact) mass is 432 g/mol. The van der Waals surface area contributed by atoms with Gasteiger partial charge in [-0.15, -0.1) is 10.2 Å². The summed E-state index contributed by atoms with van der Waals surface area (Å²) in [7, 11) is 1.65. The maximum absolute atomic E-state index is 12.8. The van der Waals surface area contributed by atoms with Crippen molar-refractivity contribution >= 4 is 17.4 Å². The predicted molar refractivity (Wildman–Crippen MR) is 118 cm³/mol. The van der Waals surface area contributed by atoms with Crippen LogP contribution in [-0.4, -0.2) is 44.6 Å². The Morgan fingerprint density at radius 2 is 1.84 bits per heavy atom. The lowest BCUT2D eigenvalue weighted by molar-refractivity contribution is 0.0474. The Morgan fingerprint density at radius 3 is 2.59 bits per heavy atom. The van der Waals surface area contributed by atoms with Gasteiger partial charge in [-0.1, -0.05) is 12.1 Å². The summed E-state index contributed by atoms with van der Waals surface area (Å²) in [4.78, 5) is 25.1. The molecule has 32 heavy (non-hydrogen) atoms. The van der Waals surface area contributed by atoms with Crippen molar-refractivity contribution in [3.05, 3.63) is 83.1 Å². The lowest BCUT2D eigenvalue weighted by atomic mass is 10.1. The molecule has 0 amide bonds. The maximum atomic E-state index is 12.8. The largest absolute Gasteiger partial charge is 0.497 e. The minimum atomic E-state index is -0.567. The lowest BCUT2D eigenvalue weighted by Crippen LogP contribution is -2.15. The molecule has 0 atom stereocenters. The number of ether oxygens (including phenoxy) is 2. The first-order valence-corrected chi connectivity index (χ1v) is 10.3. The van der Waals surface area contributed by atoms with Gasteiger partial charge in [0.15, 0.2) is 12.3 Å². The third-order valence-electron chi connectivity index (χ3n) is 5.52. The molecule has 164 valence electrons. The molecule has 0 aliphatic carbocycles. The second-order valence-corrected chi connectivity index (χ2v) is 7.55. The van der Waals surface area contributed by atoms with E-state index in [-0.39, 0.29) is 12.4 Å². The average Bonchev–Trinajstić information content (AvgIpc) is 3.39. The molecule has 0 saturated heterocycles. The van der Waals surface area contributed by atoms with Crippen molar-refractivity contribution in [2.24, 2.45) is 0 Å². The number of rotatable bonds is 8. The van der Waals surface area contributed by atoms with Gasteiger partial charge in [-0.3, -0.25) is 9.20 Å². The second kappa shape index (κ2) is 9.05. The first kappa shape index (κ1) is 21.3. The van der Waals surface area contributed by atoms with Crippen molar-refractivity contribution in [3.8, 4) is 5.75 Å². The molecule has 0 saturated carbocycles. The molecule has 0 bridgehead atoms. The average molecular weight is 432 g/mol. The zero-order valence-corrected chi connectivity index (χ0v) is 18.2. The van der Waals surface area contributed by atoms with Crippen molar-refractivity contribution in [1.82, 2.24) is 19.2 Å². The van der Waals surface area contributed by atoms with Crippen molar-refractivity contribution in [1.29, 1.82) is 0 Å². The number of pyridine rings is 1. The highest BCUT2D eigenvalue weighted by Crippen LogP contribution is 2.18. The number of Topliss-reactive ketones (excluding diaryl/α,β-unsaturated/α-hetero) is 1. The van der Waals surface area contributed by atoms with Crippen LogP contribution in [0, 0.1) is 13.8 Å². The van der Waals surface area contributed by atoms with Crippen LogP contribution in [0.3, 0.4) is 0 Å². The Morgan fingerprint density at radius 1 is 1.06 bits per heavy atom. The summed E-state index contributed by atoms with van der Waals surface area (Å²) < 4.78 is 14.2. The molecular formula is C24H24N4O4. The summed E-state index contributed by atoms with van der Waals surface area (Å²) in [5, 5.41) is 7.67. The first-order valence-electron chi connectivity index (χ1n) is 10.3. The van der Waals surface area contributed by atoms with Gasteiger partial charge in [0.05, 0.1) is 12.7 Å². The van der Waals surface area contributed by atoms with Crippen LogP contribution in [0.1, 0.15) is 37.7 Å². The summed E-state index contributed by atoms with van der Waals surface area (Å²) in [5.74, 6) is 0.0286. The number of hydrogen-bond acceptors (Lipinski definition) is 6. The summed E-state index contributed by atoms with van der Waals surface area (Å²) in [5.41, 5.74) is 4.56. The van der Waals surface area contributed by atoms with Gasteiger partial charge >= 0.3 is 5.97 Å². The number of hydrogen-bond donors (Lipinski definition) is 0. The van der Waals surface area contributed by atoms with Gasteiger partial charge in [0.1, 0.15) is 12.1 Å². The van der Waals surface area contributed by atoms with Crippen LogP contribution in [0.4, 0.5) is 0 Å². The molecular weight excluding hydrogens is 408 g/mol. The SMILES string of the molecule is COc1ccc(CCn2c(C)cc(C(=O)COC(=O)c3ccc4nncn4c3)c2C)cc1. The molecule has 0 spiro atoms. The Bertz CT molecular complexity index is 1270. The molecule has 4 rings (SSSR count). The molecule has 3 aromatic heterocycles. The number of carbonyl (C=O) groups excluding carboxylic acids is 2. The number of nitrogens with zero attached hydrogens (tertiary/aromatic N) is 4. The fourth-order valence-corrected chi connectivity index (χ4v) is 3.70. The van der Waals surface area contributed by atoms with E-state index in [1.165, 1.54) is 11.9 Å². The maximum Gasteiger partial charge on any atom is 0.340 e. The van der Waals surface area contributed by atoms with Crippen molar-refractivity contribution in [2.45, 2.75) is 26.8 Å². The number of methoxy groups -OCH3 is 1. The Balaban J connectivity index is 1.39. The van der Waals surface area contributed by atoms with Gasteiger partial charge in [0.25, 0.3) is 0 Å². The molecule has 3 heterocycles. The fourth-order valence-electron chi connectivity index (χ4n) is 3.70. The predicted octanol–water partition coefficient (Wildman–Crippen LogP) is 3.44. The highest BCUT2D eigenvalue weighted by molar-refractivity contribution is 6.00. The second-order valence-electron chi connectivity index (χ2n) is 7.55. The van der Waals surface area contributed by atoms with E-state index in [1.807, 2.05) is 44.2 Å². The van der Waals surface area contributed by atoms with E-state index >= 15 is 0 Å². The molecule has 0 radical (unpaired) electrons. The summed E-state index contributed by atoms with van der Waals surface area (Å²) in [6.07, 6.45) is 3.90. The highest BCUT2D eigenvalue weighted by atomic mass is 16.5. The van der Waals surface area contributed by atoms with E-state index in [1.54, 1.807) is 29.8 Å². The van der Waals surface area contributed by atoms with Crippen LogP contribution in [0.2, 0.25) is 0 Å². The molecule has 0 aliphatic rings. The molecule has 8 heteroatoms. The van der Waals surface area contributed by atoms with E-state index in [4.69, 9.17) is 9.47 Å². The highest BCUT2D eigenvalue weighted by Gasteiger charge is 2.18. The van der Waals surface area contributed by atoms with Gasteiger partial charge < -0.3 is 14.0 Å². The van der Waals surface area contributed by atoms with Crippen LogP contribution >= 0.6 is 0 Å². The zero-order valence-electron chi connectivity index (χ0n) is 18.2. The summed E-state index contributed by atoms with van der Waals surface area (Å²) in [6, 6.07) is 13.1. The normalized spacial score (nSPS) is 11.0. The zero-order chi connectivity index (χ0) is 22.7. The van der Waals surface area contributed by atoms with E-state index < -0.39 is 5.97 Å². The summed E-state index contributed by atoms with van der Waals surface area (Å²) in [6.45, 7) is 4.31. The smallest absolute Gasteiger partial charge is 0.340 e. The van der Waals surface area contributed by atoms with Crippen molar-refractivity contribution in [2.75, 3.05) is 13.7 Å². The number of carbonyl (C=O) groups is 2. The van der Waals surface area contributed by atoms with Gasteiger partial charge in [0.2, 0.25) is 5.78 Å². The minimum absolute atomic E-state index is 0.229. The topological polar surface area (TPSA) is 87.7 Å². The van der Waals surface area contributed by atoms with Crippen LogP contribution in [0.15, 0.2) is 55.0 Å². The standard InChI is InChI=1S/C24H24N4O4/c1-16-12-21(17(2)28(16)11-10-18-4-7-20(31-3)8-5-18)22(29)14-32-24(30)19-6-9-23-26-25-15-27(23)13-19/h4-9,12-13,15H,10-11,14H2,1-3H3. The third-order valence-corrected chi connectivity index (χ3v) is 5.52. The third kappa shape index (κ3) is 4.39. The van der Waals surface area contributed by atoms with Gasteiger partial charge in [-0.05, 0) is 56.2 Å². The first-order chi connectivity index (χ1) is 15.5. The number of benzene rings is 1. The number of aryl methyl sites for hydroxylation is 2. The molecule has 0 aliphatic heterocycles. The Labute approximate surface area is 185 Å². The number of aromatic nitrogens is 4. The van der Waals surface area contributed by atoms with Crippen molar-refractivity contribution < 1.29 is 19.1 Å². The van der Waals surface area contributed by atoms with Gasteiger partial charge in [-0.25, -0.2) is 4.79 Å². The quantitative estimate of drug-likeness (QED) is 0.313. The van der Waals surface area contributed by atoms with E-state index in [9.17, 15) is 9.59 Å². The van der Waals surface area contributed by atoms with Crippen LogP contribution < -0.4 is 4.74 Å². The molecule has 4 aromatic rings. The Kier molecular flexibility index (Phi) is 6.02.